The van der Waals surface area contributed by atoms with Gasteiger partial charge in [-0.25, -0.2) is 4.98 Å². The normalized spacial score (nSPS) is 12.5. The van der Waals surface area contributed by atoms with Crippen LogP contribution < -0.4 is 11.1 Å². The monoisotopic (exact) mass is 284 g/mol. The minimum absolute atomic E-state index is 0.279. The number of imidazole rings is 1. The van der Waals surface area contributed by atoms with E-state index in [0.717, 1.165) is 16.9 Å². The largest absolute Gasteiger partial charge is 0.342 e. The summed E-state index contributed by atoms with van der Waals surface area (Å²) in [5, 5.41) is 6.82. The van der Waals surface area contributed by atoms with Gasteiger partial charge < -0.3 is 16.0 Å². The molecule has 0 radical (unpaired) electrons. The second kappa shape index (κ2) is 5.02. The van der Waals surface area contributed by atoms with Crippen molar-refractivity contribution < 1.29 is 4.79 Å². The summed E-state index contributed by atoms with van der Waals surface area (Å²) in [6.45, 7) is 1.89. The number of amides is 1. The summed E-state index contributed by atoms with van der Waals surface area (Å²) < 4.78 is 1.61. The first-order valence-electron chi connectivity index (χ1n) is 6.54. The van der Waals surface area contributed by atoms with Crippen molar-refractivity contribution >= 4 is 22.6 Å². The van der Waals surface area contributed by atoms with Crippen molar-refractivity contribution in [3.63, 3.8) is 0 Å². The summed E-state index contributed by atoms with van der Waals surface area (Å²) in [4.78, 5) is 19.6. The molecule has 7 nitrogen and oxygen atoms in total. The van der Waals surface area contributed by atoms with Crippen LogP contribution in [0.5, 0.6) is 0 Å². The minimum atomic E-state index is -0.752. The number of anilines is 1. The Bertz CT molecular complexity index is 803. The van der Waals surface area contributed by atoms with Crippen molar-refractivity contribution in [2.45, 2.75) is 13.0 Å². The summed E-state index contributed by atoms with van der Waals surface area (Å²) in [6, 6.07) is 4.74. The van der Waals surface area contributed by atoms with E-state index in [1.807, 2.05) is 19.1 Å². The maximum Gasteiger partial charge on any atom is 0.246 e. The zero-order valence-corrected chi connectivity index (χ0v) is 11.8. The van der Waals surface area contributed by atoms with E-state index in [1.54, 1.807) is 30.2 Å². The average Bonchev–Trinajstić information content (AvgIpc) is 3.02. The lowest BCUT2D eigenvalue weighted by molar-refractivity contribution is -0.117. The molecule has 3 rings (SSSR count). The van der Waals surface area contributed by atoms with Gasteiger partial charge in [0.25, 0.3) is 0 Å². The fraction of sp³-hybridized carbons (Fsp3) is 0.214. The number of H-pyrrole nitrogens is 1. The molecule has 4 N–H and O–H groups in total. The molecule has 0 aliphatic carbocycles. The van der Waals surface area contributed by atoms with E-state index in [0.29, 0.717) is 11.3 Å². The molecular formula is C14H16N6O. The van der Waals surface area contributed by atoms with Crippen LogP contribution in [-0.4, -0.2) is 25.7 Å². The lowest BCUT2D eigenvalue weighted by Gasteiger charge is -2.10. The van der Waals surface area contributed by atoms with Crippen molar-refractivity contribution in [2.75, 3.05) is 5.32 Å². The number of carbonyl (C=O) groups excluding carboxylic acids is 1. The Morgan fingerprint density at radius 1 is 1.48 bits per heavy atom. The van der Waals surface area contributed by atoms with E-state index < -0.39 is 6.04 Å². The highest BCUT2D eigenvalue weighted by Gasteiger charge is 2.17. The van der Waals surface area contributed by atoms with Crippen LogP contribution in [0.3, 0.4) is 0 Å². The van der Waals surface area contributed by atoms with Gasteiger partial charge in [0.05, 0.1) is 17.2 Å². The highest BCUT2D eigenvalue weighted by atomic mass is 16.2. The Kier molecular flexibility index (Phi) is 3.19. The van der Waals surface area contributed by atoms with Gasteiger partial charge in [-0.15, -0.1) is 0 Å². The SMILES string of the molecule is Cc1nc2ccc(NC(=O)C(N)c3cnn(C)c3)cc2[nH]1. The highest BCUT2D eigenvalue weighted by Crippen LogP contribution is 2.18. The zero-order chi connectivity index (χ0) is 15.0. The fourth-order valence-electron chi connectivity index (χ4n) is 2.19. The first kappa shape index (κ1) is 13.3. The smallest absolute Gasteiger partial charge is 0.246 e. The molecule has 0 aliphatic heterocycles. The number of hydrogen-bond donors (Lipinski definition) is 3. The molecule has 0 spiro atoms. The number of rotatable bonds is 3. The van der Waals surface area contributed by atoms with Crippen LogP contribution in [0.15, 0.2) is 30.6 Å². The van der Waals surface area contributed by atoms with E-state index in [4.69, 9.17) is 5.73 Å². The van der Waals surface area contributed by atoms with E-state index in [1.165, 1.54) is 0 Å². The molecule has 0 fully saturated rings. The predicted molar refractivity (Wildman–Crippen MR) is 79.6 cm³/mol. The van der Waals surface area contributed by atoms with Gasteiger partial charge in [0.2, 0.25) is 5.91 Å². The molecule has 3 aromatic rings. The third-order valence-electron chi connectivity index (χ3n) is 3.23. The second-order valence-corrected chi connectivity index (χ2v) is 4.97. The van der Waals surface area contributed by atoms with Crippen LogP contribution in [0, 0.1) is 6.92 Å². The van der Waals surface area contributed by atoms with Crippen molar-refractivity contribution in [3.8, 4) is 0 Å². The maximum atomic E-state index is 12.2. The van der Waals surface area contributed by atoms with Crippen LogP contribution in [-0.2, 0) is 11.8 Å². The quantitative estimate of drug-likeness (QED) is 0.673. The van der Waals surface area contributed by atoms with Gasteiger partial charge in [-0.2, -0.15) is 5.10 Å². The van der Waals surface area contributed by atoms with Gasteiger partial charge in [0.15, 0.2) is 0 Å². The molecule has 2 heterocycles. The number of fused-ring (bicyclic) bond motifs is 1. The van der Waals surface area contributed by atoms with E-state index in [-0.39, 0.29) is 5.91 Å². The summed E-state index contributed by atoms with van der Waals surface area (Å²) >= 11 is 0. The summed E-state index contributed by atoms with van der Waals surface area (Å²) in [7, 11) is 1.78. The number of nitrogens with two attached hydrogens (primary N) is 1. The van der Waals surface area contributed by atoms with Gasteiger partial charge in [0, 0.05) is 24.5 Å². The highest BCUT2D eigenvalue weighted by molar-refractivity contribution is 5.96. The molecule has 7 heteroatoms. The molecule has 1 aromatic carbocycles. The van der Waals surface area contributed by atoms with Crippen molar-refractivity contribution in [2.24, 2.45) is 12.8 Å². The van der Waals surface area contributed by atoms with Crippen molar-refractivity contribution in [1.82, 2.24) is 19.7 Å². The molecule has 0 aliphatic rings. The number of aromatic nitrogens is 4. The number of aromatic amines is 1. The molecule has 0 bridgehead atoms. The Labute approximate surface area is 121 Å². The first-order valence-corrected chi connectivity index (χ1v) is 6.54. The Morgan fingerprint density at radius 3 is 3.00 bits per heavy atom. The number of aryl methyl sites for hydroxylation is 2. The molecule has 1 amide bonds. The average molecular weight is 284 g/mol. The fourth-order valence-corrected chi connectivity index (χ4v) is 2.19. The van der Waals surface area contributed by atoms with Crippen LogP contribution in [0.25, 0.3) is 11.0 Å². The summed E-state index contributed by atoms with van der Waals surface area (Å²) in [5.74, 6) is 0.555. The molecule has 21 heavy (non-hydrogen) atoms. The molecule has 0 saturated heterocycles. The summed E-state index contributed by atoms with van der Waals surface area (Å²) in [6.07, 6.45) is 3.32. The molecular weight excluding hydrogens is 268 g/mol. The number of hydrogen-bond acceptors (Lipinski definition) is 4. The first-order chi connectivity index (χ1) is 10.0. The molecule has 0 saturated carbocycles. The van der Waals surface area contributed by atoms with E-state index in [9.17, 15) is 4.79 Å². The minimum Gasteiger partial charge on any atom is -0.342 e. The van der Waals surface area contributed by atoms with Crippen LogP contribution in [0.1, 0.15) is 17.4 Å². The Hall–Kier alpha value is -2.67. The van der Waals surface area contributed by atoms with E-state index >= 15 is 0 Å². The third kappa shape index (κ3) is 2.63. The lowest BCUT2D eigenvalue weighted by atomic mass is 10.1. The van der Waals surface area contributed by atoms with Gasteiger partial charge in [-0.05, 0) is 25.1 Å². The van der Waals surface area contributed by atoms with Gasteiger partial charge >= 0.3 is 0 Å². The molecule has 1 unspecified atom stereocenters. The molecule has 1 atom stereocenters. The second-order valence-electron chi connectivity index (χ2n) is 4.97. The number of carbonyl (C=O) groups is 1. The molecule has 2 aromatic heterocycles. The van der Waals surface area contributed by atoms with Gasteiger partial charge in [-0.3, -0.25) is 9.48 Å². The lowest BCUT2D eigenvalue weighted by Crippen LogP contribution is -2.27. The number of nitrogens with zero attached hydrogens (tertiary/aromatic N) is 3. The van der Waals surface area contributed by atoms with Gasteiger partial charge in [0.1, 0.15) is 11.9 Å². The van der Waals surface area contributed by atoms with Gasteiger partial charge in [-0.1, -0.05) is 0 Å². The Balaban J connectivity index is 1.79. The zero-order valence-electron chi connectivity index (χ0n) is 11.8. The van der Waals surface area contributed by atoms with Crippen molar-refractivity contribution in [3.05, 3.63) is 42.0 Å². The Morgan fingerprint density at radius 2 is 2.29 bits per heavy atom. The van der Waals surface area contributed by atoms with Crippen LogP contribution >= 0.6 is 0 Å². The predicted octanol–water partition coefficient (Wildman–Crippen LogP) is 1.24. The van der Waals surface area contributed by atoms with Crippen LogP contribution in [0.2, 0.25) is 0 Å². The van der Waals surface area contributed by atoms with Crippen LogP contribution in [0.4, 0.5) is 5.69 Å². The maximum absolute atomic E-state index is 12.2. The topological polar surface area (TPSA) is 102 Å². The number of nitrogens with one attached hydrogen (secondary N) is 2. The summed E-state index contributed by atoms with van der Waals surface area (Å²) in [5.41, 5.74) is 9.02. The number of benzene rings is 1. The van der Waals surface area contributed by atoms with E-state index in [2.05, 4.69) is 20.4 Å². The third-order valence-corrected chi connectivity index (χ3v) is 3.23. The van der Waals surface area contributed by atoms with Crippen molar-refractivity contribution in [1.29, 1.82) is 0 Å². The standard InChI is InChI=1S/C14H16N6O/c1-8-17-11-4-3-10(5-12(11)18-8)19-14(21)13(15)9-6-16-20(2)7-9/h3-7,13H,15H2,1-2H3,(H,17,18)(H,19,21). The molecule has 108 valence electrons.